The second-order valence-corrected chi connectivity index (χ2v) is 4.21. The number of ether oxygens (including phenoxy) is 1. The molecule has 0 bridgehead atoms. The molecule has 0 N–H and O–H groups in total. The molecule has 0 spiro atoms. The van der Waals surface area contributed by atoms with Crippen LogP contribution in [0.2, 0.25) is 0 Å². The molecule has 0 saturated carbocycles. The molecular formula is C15H12N2O3. The summed E-state index contributed by atoms with van der Waals surface area (Å²) >= 11 is 0. The predicted molar refractivity (Wildman–Crippen MR) is 72.3 cm³/mol. The first-order valence-corrected chi connectivity index (χ1v) is 5.85. The van der Waals surface area contributed by atoms with Crippen molar-refractivity contribution in [2.24, 2.45) is 7.05 Å². The average Bonchev–Trinajstić information content (AvgIpc) is 2.82. The number of hydrogen-bond acceptors (Lipinski definition) is 4. The lowest BCUT2D eigenvalue weighted by molar-refractivity contribution is 0.0600. The number of nitrogens with zero attached hydrogens (tertiary/aromatic N) is 2. The fourth-order valence-electron chi connectivity index (χ4n) is 2.06. The van der Waals surface area contributed by atoms with E-state index >= 15 is 0 Å². The SMILES string of the molecule is COC(=O)c1ccc(-c2c(C#N)cn(C)c2C=O)cc1. The van der Waals surface area contributed by atoms with Gasteiger partial charge in [0.25, 0.3) is 0 Å². The van der Waals surface area contributed by atoms with Crippen LogP contribution in [0, 0.1) is 11.3 Å². The van der Waals surface area contributed by atoms with Crippen molar-refractivity contribution in [2.45, 2.75) is 0 Å². The molecule has 0 amide bonds. The summed E-state index contributed by atoms with van der Waals surface area (Å²) in [5.41, 5.74) is 2.53. The van der Waals surface area contributed by atoms with Gasteiger partial charge in [0.05, 0.1) is 23.9 Å². The third-order valence-electron chi connectivity index (χ3n) is 3.05. The second-order valence-electron chi connectivity index (χ2n) is 4.21. The molecule has 0 aliphatic rings. The van der Waals surface area contributed by atoms with Crippen LogP contribution in [0.5, 0.6) is 0 Å². The fraction of sp³-hybridized carbons (Fsp3) is 0.133. The van der Waals surface area contributed by atoms with Gasteiger partial charge >= 0.3 is 5.97 Å². The van der Waals surface area contributed by atoms with Gasteiger partial charge in [0.1, 0.15) is 6.07 Å². The van der Waals surface area contributed by atoms with Gasteiger partial charge in [-0.3, -0.25) is 4.79 Å². The Kier molecular flexibility index (Phi) is 3.67. The number of aldehydes is 1. The van der Waals surface area contributed by atoms with Crippen molar-refractivity contribution < 1.29 is 14.3 Å². The molecule has 0 aliphatic carbocycles. The summed E-state index contributed by atoms with van der Waals surface area (Å²) in [6, 6.07) is 8.65. The second kappa shape index (κ2) is 5.41. The van der Waals surface area contributed by atoms with Crippen molar-refractivity contribution in [3.8, 4) is 17.2 Å². The molecule has 0 aliphatic heterocycles. The first-order valence-electron chi connectivity index (χ1n) is 5.85. The van der Waals surface area contributed by atoms with Crippen LogP contribution >= 0.6 is 0 Å². The largest absolute Gasteiger partial charge is 0.465 e. The molecule has 2 aromatic rings. The van der Waals surface area contributed by atoms with Crippen molar-refractivity contribution in [1.82, 2.24) is 4.57 Å². The molecule has 1 heterocycles. The van der Waals surface area contributed by atoms with E-state index in [1.54, 1.807) is 42.1 Å². The van der Waals surface area contributed by atoms with Gasteiger partial charge in [0.2, 0.25) is 0 Å². The maximum atomic E-state index is 11.4. The number of esters is 1. The van der Waals surface area contributed by atoms with E-state index in [2.05, 4.69) is 10.8 Å². The van der Waals surface area contributed by atoms with E-state index < -0.39 is 5.97 Å². The van der Waals surface area contributed by atoms with Gasteiger partial charge in [-0.05, 0) is 17.7 Å². The van der Waals surface area contributed by atoms with E-state index in [1.165, 1.54) is 7.11 Å². The lowest BCUT2D eigenvalue weighted by atomic mass is 10.0. The highest BCUT2D eigenvalue weighted by molar-refractivity contribution is 5.92. The molecule has 5 nitrogen and oxygen atoms in total. The molecule has 2 rings (SSSR count). The van der Waals surface area contributed by atoms with Crippen LogP contribution in [0.3, 0.4) is 0 Å². The average molecular weight is 268 g/mol. The third kappa shape index (κ3) is 2.19. The number of nitriles is 1. The monoisotopic (exact) mass is 268 g/mol. The minimum Gasteiger partial charge on any atom is -0.465 e. The molecule has 0 saturated heterocycles. The van der Waals surface area contributed by atoms with E-state index in [0.29, 0.717) is 34.2 Å². The molecule has 0 radical (unpaired) electrons. The Balaban J connectivity index is 2.55. The van der Waals surface area contributed by atoms with Gasteiger partial charge in [0.15, 0.2) is 6.29 Å². The lowest BCUT2D eigenvalue weighted by Crippen LogP contribution is -2.00. The molecule has 0 unspecified atom stereocenters. The van der Waals surface area contributed by atoms with Gasteiger partial charge in [-0.2, -0.15) is 5.26 Å². The van der Waals surface area contributed by atoms with Gasteiger partial charge in [-0.1, -0.05) is 12.1 Å². The Morgan fingerprint density at radius 1 is 1.35 bits per heavy atom. The van der Waals surface area contributed by atoms with Crippen molar-refractivity contribution >= 4 is 12.3 Å². The molecule has 1 aromatic carbocycles. The maximum absolute atomic E-state index is 11.4. The van der Waals surface area contributed by atoms with E-state index in [4.69, 9.17) is 5.26 Å². The number of aryl methyl sites for hydroxylation is 1. The Labute approximate surface area is 116 Å². The van der Waals surface area contributed by atoms with Crippen LogP contribution in [-0.4, -0.2) is 23.9 Å². The van der Waals surface area contributed by atoms with Crippen LogP contribution in [0.15, 0.2) is 30.5 Å². The quantitative estimate of drug-likeness (QED) is 0.631. The summed E-state index contributed by atoms with van der Waals surface area (Å²) in [4.78, 5) is 22.5. The van der Waals surface area contributed by atoms with E-state index in [-0.39, 0.29) is 0 Å². The van der Waals surface area contributed by atoms with Crippen LogP contribution in [0.4, 0.5) is 0 Å². The van der Waals surface area contributed by atoms with E-state index in [0.717, 1.165) is 0 Å². The zero-order chi connectivity index (χ0) is 14.7. The molecule has 5 heteroatoms. The van der Waals surface area contributed by atoms with Crippen molar-refractivity contribution in [2.75, 3.05) is 7.11 Å². The van der Waals surface area contributed by atoms with Crippen LogP contribution in [0.1, 0.15) is 26.4 Å². The highest BCUT2D eigenvalue weighted by Crippen LogP contribution is 2.28. The zero-order valence-electron chi connectivity index (χ0n) is 11.1. The highest BCUT2D eigenvalue weighted by Gasteiger charge is 2.16. The summed E-state index contributed by atoms with van der Waals surface area (Å²) < 4.78 is 6.23. The van der Waals surface area contributed by atoms with Crippen molar-refractivity contribution in [3.63, 3.8) is 0 Å². The normalized spacial score (nSPS) is 9.85. The highest BCUT2D eigenvalue weighted by atomic mass is 16.5. The number of carbonyl (C=O) groups excluding carboxylic acids is 2. The number of aromatic nitrogens is 1. The molecule has 0 atom stereocenters. The minimum absolute atomic E-state index is 0.415. The molecule has 0 fully saturated rings. The summed E-state index contributed by atoms with van der Waals surface area (Å²) in [5.74, 6) is -0.430. The number of hydrogen-bond donors (Lipinski definition) is 0. The predicted octanol–water partition coefficient (Wildman–Crippen LogP) is 2.16. The molecule has 100 valence electrons. The number of benzene rings is 1. The first kappa shape index (κ1) is 13.6. The van der Waals surface area contributed by atoms with Gasteiger partial charge in [0, 0.05) is 18.8 Å². The van der Waals surface area contributed by atoms with Crippen LogP contribution in [-0.2, 0) is 11.8 Å². The van der Waals surface area contributed by atoms with Gasteiger partial charge in [-0.15, -0.1) is 0 Å². The first-order chi connectivity index (χ1) is 9.62. The lowest BCUT2D eigenvalue weighted by Gasteiger charge is -2.04. The van der Waals surface area contributed by atoms with Gasteiger partial charge < -0.3 is 9.30 Å². The Hall–Kier alpha value is -2.87. The van der Waals surface area contributed by atoms with Crippen LogP contribution < -0.4 is 0 Å². The standard InChI is InChI=1S/C15H12N2O3/c1-17-8-12(7-16)14(13(17)9-18)10-3-5-11(6-4-10)15(19)20-2/h3-6,8-9H,1-2H3. The summed E-state index contributed by atoms with van der Waals surface area (Å²) in [5, 5.41) is 9.14. The smallest absolute Gasteiger partial charge is 0.337 e. The van der Waals surface area contributed by atoms with Crippen LogP contribution in [0.25, 0.3) is 11.1 Å². The van der Waals surface area contributed by atoms with Crippen molar-refractivity contribution in [3.05, 3.63) is 47.3 Å². The number of rotatable bonds is 3. The number of methoxy groups -OCH3 is 1. The molecule has 1 aromatic heterocycles. The third-order valence-corrected chi connectivity index (χ3v) is 3.05. The Bertz CT molecular complexity index is 706. The summed E-state index contributed by atoms with van der Waals surface area (Å²) in [6.07, 6.45) is 2.32. The Morgan fingerprint density at radius 3 is 2.50 bits per heavy atom. The summed E-state index contributed by atoms with van der Waals surface area (Å²) in [6.45, 7) is 0. The van der Waals surface area contributed by atoms with Crippen molar-refractivity contribution in [1.29, 1.82) is 5.26 Å². The zero-order valence-corrected chi connectivity index (χ0v) is 11.1. The topological polar surface area (TPSA) is 72.1 Å². The molecular weight excluding hydrogens is 256 g/mol. The Morgan fingerprint density at radius 2 is 2.00 bits per heavy atom. The van der Waals surface area contributed by atoms with E-state index in [9.17, 15) is 9.59 Å². The summed E-state index contributed by atoms with van der Waals surface area (Å²) in [7, 11) is 3.02. The fourth-order valence-corrected chi connectivity index (χ4v) is 2.06. The minimum atomic E-state index is -0.430. The number of carbonyl (C=O) groups is 2. The molecule has 20 heavy (non-hydrogen) atoms. The van der Waals surface area contributed by atoms with Gasteiger partial charge in [-0.25, -0.2) is 4.79 Å². The maximum Gasteiger partial charge on any atom is 0.337 e. The van der Waals surface area contributed by atoms with E-state index in [1.807, 2.05) is 0 Å².